The van der Waals surface area contributed by atoms with Gasteiger partial charge in [-0.2, -0.15) is 0 Å². The van der Waals surface area contributed by atoms with E-state index in [0.29, 0.717) is 6.04 Å². The maximum atomic E-state index is 3.59. The van der Waals surface area contributed by atoms with Gasteiger partial charge in [-0.25, -0.2) is 0 Å². The van der Waals surface area contributed by atoms with Crippen molar-refractivity contribution in [1.29, 1.82) is 0 Å². The van der Waals surface area contributed by atoms with Crippen molar-refractivity contribution in [3.05, 3.63) is 48.0 Å². The van der Waals surface area contributed by atoms with E-state index in [1.807, 2.05) is 0 Å². The van der Waals surface area contributed by atoms with Crippen molar-refractivity contribution in [2.75, 3.05) is 6.54 Å². The quantitative estimate of drug-likeness (QED) is 0.761. The molecule has 2 aromatic carbocycles. The molecule has 1 nitrogen and oxygen atoms in total. The molecule has 0 radical (unpaired) electrons. The molecule has 0 aromatic heterocycles. The zero-order valence-corrected chi connectivity index (χ0v) is 9.61. The first-order valence-corrected chi connectivity index (χ1v) is 6.05. The van der Waals surface area contributed by atoms with Crippen LogP contribution in [0.5, 0.6) is 0 Å². The molecule has 3 rings (SSSR count). The van der Waals surface area contributed by atoms with Crippen LogP contribution in [0.15, 0.2) is 42.5 Å². The Morgan fingerprint density at radius 1 is 1.06 bits per heavy atom. The third kappa shape index (κ3) is 1.72. The van der Waals surface area contributed by atoms with E-state index in [4.69, 9.17) is 0 Å². The Bertz CT molecular complexity index is 504. The average Bonchev–Trinajstić information content (AvgIpc) is 2.75. The Balaban J connectivity index is 1.99. The normalized spacial score (nSPS) is 25.1. The van der Waals surface area contributed by atoms with E-state index in [1.165, 1.54) is 22.8 Å². The summed E-state index contributed by atoms with van der Waals surface area (Å²) in [5.74, 6) is 0.802. The summed E-state index contributed by atoms with van der Waals surface area (Å²) in [6.07, 6.45) is 1.26. The summed E-state index contributed by atoms with van der Waals surface area (Å²) in [6, 6.07) is 15.9. The highest BCUT2D eigenvalue weighted by atomic mass is 14.9. The van der Waals surface area contributed by atoms with Crippen molar-refractivity contribution in [1.82, 2.24) is 5.32 Å². The van der Waals surface area contributed by atoms with Crippen molar-refractivity contribution < 1.29 is 0 Å². The maximum absolute atomic E-state index is 3.59. The minimum absolute atomic E-state index is 0.555. The van der Waals surface area contributed by atoms with Gasteiger partial charge in [-0.05, 0) is 41.3 Å². The molecule has 1 fully saturated rings. The van der Waals surface area contributed by atoms with Gasteiger partial charge in [0.2, 0.25) is 0 Å². The predicted molar refractivity (Wildman–Crippen MR) is 68.5 cm³/mol. The Morgan fingerprint density at radius 3 is 2.62 bits per heavy atom. The van der Waals surface area contributed by atoms with Crippen LogP contribution >= 0.6 is 0 Å². The van der Waals surface area contributed by atoms with Crippen LogP contribution in [0.2, 0.25) is 0 Å². The lowest BCUT2D eigenvalue weighted by Crippen LogP contribution is -2.13. The number of benzene rings is 2. The summed E-state index contributed by atoms with van der Waals surface area (Å²) >= 11 is 0. The summed E-state index contributed by atoms with van der Waals surface area (Å²) in [5, 5.41) is 6.27. The van der Waals surface area contributed by atoms with E-state index in [1.54, 1.807) is 0 Å². The van der Waals surface area contributed by atoms with Gasteiger partial charge in [-0.1, -0.05) is 43.3 Å². The minimum Gasteiger partial charge on any atom is -0.310 e. The fourth-order valence-corrected chi connectivity index (χ4v) is 2.59. The Morgan fingerprint density at radius 2 is 1.88 bits per heavy atom. The van der Waals surface area contributed by atoms with Crippen LogP contribution in [0.25, 0.3) is 10.8 Å². The van der Waals surface area contributed by atoms with E-state index in [0.717, 1.165) is 12.5 Å². The second kappa shape index (κ2) is 3.91. The highest BCUT2D eigenvalue weighted by Gasteiger charge is 2.21. The van der Waals surface area contributed by atoms with Crippen LogP contribution in [-0.2, 0) is 0 Å². The van der Waals surface area contributed by atoms with E-state index < -0.39 is 0 Å². The van der Waals surface area contributed by atoms with Gasteiger partial charge in [-0.15, -0.1) is 0 Å². The topological polar surface area (TPSA) is 12.0 Å². The maximum Gasteiger partial charge on any atom is 0.0323 e. The molecular weight excluding hydrogens is 194 g/mol. The number of fused-ring (bicyclic) bond motifs is 1. The Labute approximate surface area is 96.5 Å². The minimum atomic E-state index is 0.555. The number of hydrogen-bond donors (Lipinski definition) is 1. The van der Waals surface area contributed by atoms with Crippen molar-refractivity contribution in [3.8, 4) is 0 Å². The molecule has 0 amide bonds. The monoisotopic (exact) mass is 211 g/mol. The summed E-state index contributed by atoms with van der Waals surface area (Å²) in [6.45, 7) is 3.46. The molecule has 1 aliphatic heterocycles. The van der Waals surface area contributed by atoms with E-state index >= 15 is 0 Å². The molecule has 1 heteroatoms. The van der Waals surface area contributed by atoms with Gasteiger partial charge in [0.05, 0.1) is 0 Å². The van der Waals surface area contributed by atoms with Gasteiger partial charge in [-0.3, -0.25) is 0 Å². The highest BCUT2D eigenvalue weighted by Crippen LogP contribution is 2.28. The van der Waals surface area contributed by atoms with Gasteiger partial charge in [0.15, 0.2) is 0 Å². The summed E-state index contributed by atoms with van der Waals surface area (Å²) < 4.78 is 0. The molecule has 1 saturated heterocycles. The van der Waals surface area contributed by atoms with Crippen molar-refractivity contribution in [2.45, 2.75) is 19.4 Å². The lowest BCUT2D eigenvalue weighted by Gasteiger charge is -2.11. The zero-order chi connectivity index (χ0) is 11.0. The van der Waals surface area contributed by atoms with Crippen LogP contribution in [0.4, 0.5) is 0 Å². The first-order valence-electron chi connectivity index (χ1n) is 6.05. The summed E-state index contributed by atoms with van der Waals surface area (Å²) in [4.78, 5) is 0. The Hall–Kier alpha value is -1.34. The first kappa shape index (κ1) is 9.86. The molecule has 1 N–H and O–H groups in total. The number of hydrogen-bond acceptors (Lipinski definition) is 1. The number of nitrogens with one attached hydrogen (secondary N) is 1. The standard InChI is InChI=1S/C15H17N/c1-11-8-15(16-10-11)14-7-6-12-4-2-3-5-13(12)9-14/h2-7,9,11,15-16H,8,10H2,1H3/t11-,15+/m1/s1. The molecule has 2 atom stereocenters. The molecule has 2 aromatic rings. The Kier molecular flexibility index (Phi) is 2.41. The molecule has 0 bridgehead atoms. The molecule has 0 saturated carbocycles. The number of rotatable bonds is 1. The lowest BCUT2D eigenvalue weighted by molar-refractivity contribution is 0.612. The second-order valence-electron chi connectivity index (χ2n) is 4.91. The SMILES string of the molecule is C[C@H]1CN[C@H](c2ccc3ccccc3c2)C1. The molecule has 1 aliphatic rings. The van der Waals surface area contributed by atoms with E-state index in [2.05, 4.69) is 54.7 Å². The largest absolute Gasteiger partial charge is 0.310 e. The first-order chi connectivity index (χ1) is 7.83. The highest BCUT2D eigenvalue weighted by molar-refractivity contribution is 5.83. The van der Waals surface area contributed by atoms with Crippen LogP contribution in [0.1, 0.15) is 24.9 Å². The van der Waals surface area contributed by atoms with Crippen LogP contribution < -0.4 is 5.32 Å². The second-order valence-corrected chi connectivity index (χ2v) is 4.91. The van der Waals surface area contributed by atoms with Crippen molar-refractivity contribution in [2.24, 2.45) is 5.92 Å². The molecule has 16 heavy (non-hydrogen) atoms. The van der Waals surface area contributed by atoms with Gasteiger partial charge in [0.25, 0.3) is 0 Å². The third-order valence-corrected chi connectivity index (χ3v) is 3.53. The molecular formula is C15H17N. The van der Waals surface area contributed by atoms with Gasteiger partial charge >= 0.3 is 0 Å². The summed E-state index contributed by atoms with van der Waals surface area (Å²) in [7, 11) is 0. The molecule has 82 valence electrons. The zero-order valence-electron chi connectivity index (χ0n) is 9.61. The molecule has 0 spiro atoms. The summed E-state index contributed by atoms with van der Waals surface area (Å²) in [5.41, 5.74) is 1.43. The van der Waals surface area contributed by atoms with Crippen LogP contribution in [0, 0.1) is 5.92 Å². The average molecular weight is 211 g/mol. The molecule has 1 heterocycles. The van der Waals surface area contributed by atoms with Gasteiger partial charge < -0.3 is 5.32 Å². The lowest BCUT2D eigenvalue weighted by atomic mass is 9.98. The van der Waals surface area contributed by atoms with E-state index in [9.17, 15) is 0 Å². The van der Waals surface area contributed by atoms with Crippen LogP contribution in [-0.4, -0.2) is 6.54 Å². The van der Waals surface area contributed by atoms with Crippen LogP contribution in [0.3, 0.4) is 0 Å². The van der Waals surface area contributed by atoms with Gasteiger partial charge in [0.1, 0.15) is 0 Å². The van der Waals surface area contributed by atoms with Crippen molar-refractivity contribution in [3.63, 3.8) is 0 Å². The molecule has 0 unspecified atom stereocenters. The molecule has 0 aliphatic carbocycles. The fourth-order valence-electron chi connectivity index (χ4n) is 2.59. The third-order valence-electron chi connectivity index (χ3n) is 3.53. The smallest absolute Gasteiger partial charge is 0.0323 e. The predicted octanol–water partition coefficient (Wildman–Crippen LogP) is 3.51. The van der Waals surface area contributed by atoms with Gasteiger partial charge in [0, 0.05) is 6.04 Å². The van der Waals surface area contributed by atoms with E-state index in [-0.39, 0.29) is 0 Å². The fraction of sp³-hybridized carbons (Fsp3) is 0.333. The van der Waals surface area contributed by atoms with Crippen molar-refractivity contribution >= 4 is 10.8 Å².